The smallest absolute Gasteiger partial charge is 0.316 e. The van der Waals surface area contributed by atoms with Crippen molar-refractivity contribution in [2.45, 2.75) is 37.4 Å². The van der Waals surface area contributed by atoms with Crippen LogP contribution in [0.1, 0.15) is 26.3 Å². The zero-order valence-corrected chi connectivity index (χ0v) is 13.8. The lowest BCUT2D eigenvalue weighted by Gasteiger charge is -2.15. The summed E-state index contributed by atoms with van der Waals surface area (Å²) in [6.45, 7) is 4.61. The van der Waals surface area contributed by atoms with Crippen LogP contribution in [0.2, 0.25) is 0 Å². The molecule has 0 bridgehead atoms. The molecule has 3 rings (SSSR count). The van der Waals surface area contributed by atoms with Crippen LogP contribution < -0.4 is 4.74 Å². The van der Waals surface area contributed by atoms with Gasteiger partial charge in [-0.3, -0.25) is 0 Å². The molecule has 9 heteroatoms. The van der Waals surface area contributed by atoms with Gasteiger partial charge in [0.1, 0.15) is 6.10 Å². The number of hydrogen-bond donors (Lipinski definition) is 0. The Bertz CT molecular complexity index is 760. The average molecular weight is 337 g/mol. The third-order valence-electron chi connectivity index (χ3n) is 3.70. The molecule has 0 N–H and O–H groups in total. The molecule has 124 valence electrons. The summed E-state index contributed by atoms with van der Waals surface area (Å²) in [6.07, 6.45) is 6.63. The van der Waals surface area contributed by atoms with Crippen molar-refractivity contribution >= 4 is 10.0 Å². The van der Waals surface area contributed by atoms with Gasteiger partial charge in [-0.15, -0.1) is 0 Å². The summed E-state index contributed by atoms with van der Waals surface area (Å²) in [5, 5.41) is 0.0720. The minimum atomic E-state index is -3.60. The average Bonchev–Trinajstić information content (AvgIpc) is 3.18. The molecule has 1 aliphatic rings. The Hall–Kier alpha value is -2.00. The lowest BCUT2D eigenvalue weighted by atomic mass is 10.3. The summed E-state index contributed by atoms with van der Waals surface area (Å²) in [4.78, 5) is 12.0. The molecule has 0 radical (unpaired) electrons. The second-order valence-electron chi connectivity index (χ2n) is 5.68. The summed E-state index contributed by atoms with van der Waals surface area (Å²) >= 11 is 0. The highest BCUT2D eigenvalue weighted by Gasteiger charge is 2.35. The molecule has 0 amide bonds. The van der Waals surface area contributed by atoms with Crippen LogP contribution in [0, 0.1) is 0 Å². The fourth-order valence-electron chi connectivity index (χ4n) is 2.37. The molecule has 0 aliphatic carbocycles. The van der Waals surface area contributed by atoms with Crippen molar-refractivity contribution in [2.75, 3.05) is 13.1 Å². The summed E-state index contributed by atoms with van der Waals surface area (Å²) in [5.41, 5.74) is 0. The van der Waals surface area contributed by atoms with Gasteiger partial charge in [-0.25, -0.2) is 23.4 Å². The van der Waals surface area contributed by atoms with Crippen molar-refractivity contribution in [2.24, 2.45) is 0 Å². The molecule has 2 aromatic rings. The number of aromatic nitrogens is 4. The third kappa shape index (κ3) is 3.35. The lowest BCUT2D eigenvalue weighted by Crippen LogP contribution is -2.31. The predicted octanol–water partition coefficient (Wildman–Crippen LogP) is 1.10. The molecular formula is C14H19N5O3S. The van der Waals surface area contributed by atoms with Gasteiger partial charge < -0.3 is 9.30 Å². The Morgan fingerprint density at radius 2 is 2.00 bits per heavy atom. The zero-order valence-electron chi connectivity index (χ0n) is 13.0. The van der Waals surface area contributed by atoms with Crippen molar-refractivity contribution in [3.8, 4) is 6.01 Å². The number of imidazole rings is 1. The summed E-state index contributed by atoms with van der Waals surface area (Å²) < 4.78 is 34.1. The van der Waals surface area contributed by atoms with Crippen molar-refractivity contribution in [1.82, 2.24) is 23.8 Å². The van der Waals surface area contributed by atoms with Gasteiger partial charge >= 0.3 is 6.01 Å². The van der Waals surface area contributed by atoms with E-state index < -0.39 is 10.0 Å². The van der Waals surface area contributed by atoms with Crippen LogP contribution in [0.4, 0.5) is 0 Å². The van der Waals surface area contributed by atoms with Crippen LogP contribution in [0.3, 0.4) is 0 Å². The van der Waals surface area contributed by atoms with Crippen molar-refractivity contribution in [3.63, 3.8) is 0 Å². The van der Waals surface area contributed by atoms with Gasteiger partial charge in [0.2, 0.25) is 0 Å². The highest BCUT2D eigenvalue weighted by atomic mass is 32.2. The maximum absolute atomic E-state index is 12.6. The van der Waals surface area contributed by atoms with E-state index in [9.17, 15) is 8.42 Å². The van der Waals surface area contributed by atoms with Crippen LogP contribution in [-0.4, -0.2) is 51.4 Å². The number of ether oxygens (including phenoxy) is 1. The molecular weight excluding hydrogens is 318 g/mol. The SMILES string of the molecule is CC(C)n1cnc(S(=O)(=O)N2CC[C@H](Oc3ncccn3)C2)c1. The van der Waals surface area contributed by atoms with Crippen LogP contribution >= 0.6 is 0 Å². The topological polar surface area (TPSA) is 90.2 Å². The zero-order chi connectivity index (χ0) is 16.4. The van der Waals surface area contributed by atoms with E-state index in [-0.39, 0.29) is 29.7 Å². The van der Waals surface area contributed by atoms with E-state index in [0.717, 1.165) is 0 Å². The van der Waals surface area contributed by atoms with Gasteiger partial charge in [0.15, 0.2) is 5.03 Å². The fourth-order valence-corrected chi connectivity index (χ4v) is 3.78. The fraction of sp³-hybridized carbons (Fsp3) is 0.500. The van der Waals surface area contributed by atoms with Crippen molar-refractivity contribution in [3.05, 3.63) is 31.0 Å². The minimum absolute atomic E-state index is 0.0720. The molecule has 0 unspecified atom stereocenters. The van der Waals surface area contributed by atoms with E-state index in [2.05, 4.69) is 15.0 Å². The maximum atomic E-state index is 12.6. The molecule has 1 atom stereocenters. The summed E-state index contributed by atoms with van der Waals surface area (Å²) in [5.74, 6) is 0. The Balaban J connectivity index is 1.69. The molecule has 0 spiro atoms. The highest BCUT2D eigenvalue weighted by molar-refractivity contribution is 7.89. The van der Waals surface area contributed by atoms with E-state index in [4.69, 9.17) is 4.74 Å². The maximum Gasteiger partial charge on any atom is 0.316 e. The van der Waals surface area contributed by atoms with Crippen LogP contribution in [-0.2, 0) is 10.0 Å². The van der Waals surface area contributed by atoms with Crippen LogP contribution in [0.15, 0.2) is 36.0 Å². The lowest BCUT2D eigenvalue weighted by molar-refractivity contribution is 0.197. The number of hydrogen-bond acceptors (Lipinski definition) is 6. The Morgan fingerprint density at radius 3 is 2.65 bits per heavy atom. The first-order valence-electron chi connectivity index (χ1n) is 7.44. The first-order valence-corrected chi connectivity index (χ1v) is 8.88. The van der Waals surface area contributed by atoms with E-state index >= 15 is 0 Å². The molecule has 1 fully saturated rings. The standard InChI is InChI=1S/C14H19N5O3S/c1-11(2)18-9-13(17-10-18)23(20,21)19-7-4-12(8-19)22-14-15-5-3-6-16-14/h3,5-6,9-12H,4,7-8H2,1-2H3/t12-/m0/s1. The second kappa shape index (κ2) is 6.25. The Labute approximate surface area is 135 Å². The monoisotopic (exact) mass is 337 g/mol. The van der Waals surface area contributed by atoms with Crippen LogP contribution in [0.5, 0.6) is 6.01 Å². The van der Waals surface area contributed by atoms with Gasteiger partial charge in [-0.05, 0) is 26.3 Å². The first kappa shape index (κ1) is 15.9. The van der Waals surface area contributed by atoms with Gasteiger partial charge in [0.05, 0.1) is 12.9 Å². The number of rotatable bonds is 5. The third-order valence-corrected chi connectivity index (χ3v) is 5.45. The molecule has 23 heavy (non-hydrogen) atoms. The van der Waals surface area contributed by atoms with Crippen molar-refractivity contribution < 1.29 is 13.2 Å². The molecule has 0 saturated carbocycles. The van der Waals surface area contributed by atoms with E-state index in [1.807, 2.05) is 13.8 Å². The number of sulfonamides is 1. The molecule has 2 aromatic heterocycles. The van der Waals surface area contributed by atoms with Gasteiger partial charge in [-0.2, -0.15) is 4.31 Å². The molecule has 0 aromatic carbocycles. The molecule has 1 aliphatic heterocycles. The van der Waals surface area contributed by atoms with Crippen molar-refractivity contribution in [1.29, 1.82) is 0 Å². The summed E-state index contributed by atoms with van der Waals surface area (Å²) in [7, 11) is -3.60. The van der Waals surface area contributed by atoms with Gasteiger partial charge in [-0.1, -0.05) is 0 Å². The predicted molar refractivity (Wildman–Crippen MR) is 82.4 cm³/mol. The minimum Gasteiger partial charge on any atom is -0.459 e. The largest absolute Gasteiger partial charge is 0.459 e. The Morgan fingerprint density at radius 1 is 1.26 bits per heavy atom. The molecule has 8 nitrogen and oxygen atoms in total. The van der Waals surface area contributed by atoms with Gasteiger partial charge in [0, 0.05) is 31.2 Å². The van der Waals surface area contributed by atoms with E-state index in [1.54, 1.807) is 35.6 Å². The molecule has 1 saturated heterocycles. The quantitative estimate of drug-likeness (QED) is 0.811. The van der Waals surface area contributed by atoms with Crippen LogP contribution in [0.25, 0.3) is 0 Å². The first-order chi connectivity index (χ1) is 11.0. The highest BCUT2D eigenvalue weighted by Crippen LogP contribution is 2.22. The number of nitrogens with zero attached hydrogens (tertiary/aromatic N) is 5. The second-order valence-corrected chi connectivity index (χ2v) is 7.56. The van der Waals surface area contributed by atoms with E-state index in [0.29, 0.717) is 13.0 Å². The normalized spacial score (nSPS) is 19.3. The molecule has 3 heterocycles. The Kier molecular flexibility index (Phi) is 4.31. The summed E-state index contributed by atoms with van der Waals surface area (Å²) in [6, 6.07) is 2.13. The van der Waals surface area contributed by atoms with E-state index in [1.165, 1.54) is 4.31 Å². The van der Waals surface area contributed by atoms with Gasteiger partial charge in [0.25, 0.3) is 10.0 Å².